The normalized spacial score (nSPS) is 12.4. The van der Waals surface area contributed by atoms with Crippen LogP contribution in [0.25, 0.3) is 5.52 Å². The van der Waals surface area contributed by atoms with Crippen molar-refractivity contribution in [2.75, 3.05) is 7.11 Å². The number of carbonyl (C=O) groups excluding carboxylic acids is 1. The number of hydrogen-bond donors (Lipinski definition) is 1. The summed E-state index contributed by atoms with van der Waals surface area (Å²) in [4.78, 5) is 11.0. The van der Waals surface area contributed by atoms with Gasteiger partial charge in [-0.05, 0) is 37.1 Å². The zero-order chi connectivity index (χ0) is 13.1. The fourth-order valence-corrected chi connectivity index (χ4v) is 2.17. The van der Waals surface area contributed by atoms with Crippen molar-refractivity contribution in [3.63, 3.8) is 0 Å². The van der Waals surface area contributed by atoms with Gasteiger partial charge in [-0.3, -0.25) is 4.79 Å². The molecule has 2 aromatic rings. The predicted octanol–water partition coefficient (Wildman–Crippen LogP) is 2.01. The van der Waals surface area contributed by atoms with Gasteiger partial charge in [0.2, 0.25) is 5.91 Å². The van der Waals surface area contributed by atoms with Gasteiger partial charge < -0.3 is 14.5 Å². The maximum atomic E-state index is 11.0. The molecule has 1 atom stereocenters. The summed E-state index contributed by atoms with van der Waals surface area (Å²) in [5, 5.41) is 2.90. The molecule has 1 amide bonds. The van der Waals surface area contributed by atoms with Crippen LogP contribution in [0.2, 0.25) is 0 Å². The lowest BCUT2D eigenvalue weighted by atomic mass is 10.1. The average molecular weight is 246 g/mol. The molecule has 0 aliphatic rings. The number of rotatable bonds is 4. The van der Waals surface area contributed by atoms with Crippen LogP contribution in [0, 0.1) is 0 Å². The van der Waals surface area contributed by atoms with Gasteiger partial charge in [0.1, 0.15) is 5.75 Å². The first kappa shape index (κ1) is 12.5. The number of hydrogen-bond acceptors (Lipinski definition) is 2. The van der Waals surface area contributed by atoms with Crippen LogP contribution >= 0.6 is 0 Å². The van der Waals surface area contributed by atoms with Gasteiger partial charge in [-0.15, -0.1) is 0 Å². The Morgan fingerprint density at radius 2 is 2.22 bits per heavy atom. The molecule has 0 spiro atoms. The molecular weight excluding hydrogens is 228 g/mol. The van der Waals surface area contributed by atoms with E-state index in [9.17, 15) is 4.79 Å². The summed E-state index contributed by atoms with van der Waals surface area (Å²) >= 11 is 0. The number of aromatic nitrogens is 1. The fourth-order valence-electron chi connectivity index (χ4n) is 2.17. The second-order valence-electron chi connectivity index (χ2n) is 4.51. The van der Waals surface area contributed by atoms with Gasteiger partial charge in [-0.25, -0.2) is 0 Å². The summed E-state index contributed by atoms with van der Waals surface area (Å²) in [6, 6.07) is 6.19. The summed E-state index contributed by atoms with van der Waals surface area (Å²) in [6.45, 7) is 3.55. The number of pyridine rings is 1. The Labute approximate surface area is 107 Å². The van der Waals surface area contributed by atoms with Crippen molar-refractivity contribution < 1.29 is 9.53 Å². The second-order valence-corrected chi connectivity index (χ2v) is 4.51. The highest BCUT2D eigenvalue weighted by atomic mass is 16.5. The molecule has 0 saturated heterocycles. The average Bonchev–Trinajstić information content (AvgIpc) is 2.70. The lowest BCUT2D eigenvalue weighted by Crippen LogP contribution is -2.31. The molecule has 0 radical (unpaired) electrons. The van der Waals surface area contributed by atoms with E-state index in [1.54, 1.807) is 14.0 Å². The van der Waals surface area contributed by atoms with Crippen molar-refractivity contribution >= 4 is 11.4 Å². The van der Waals surface area contributed by atoms with Crippen LogP contribution in [-0.4, -0.2) is 23.5 Å². The van der Waals surface area contributed by atoms with Gasteiger partial charge >= 0.3 is 0 Å². The van der Waals surface area contributed by atoms with Crippen molar-refractivity contribution in [3.05, 3.63) is 36.2 Å². The number of amides is 1. The van der Waals surface area contributed by atoms with E-state index in [1.807, 2.05) is 35.9 Å². The second kappa shape index (κ2) is 5.12. The number of fused-ring (bicyclic) bond motifs is 1. The minimum absolute atomic E-state index is 0.00711. The van der Waals surface area contributed by atoms with Crippen molar-refractivity contribution in [1.82, 2.24) is 9.72 Å². The molecule has 2 rings (SSSR count). The number of nitrogens with zero attached hydrogens (tertiary/aromatic N) is 1. The summed E-state index contributed by atoms with van der Waals surface area (Å²) in [5.74, 6) is 0.840. The molecule has 4 nitrogen and oxygen atoms in total. The zero-order valence-corrected chi connectivity index (χ0v) is 10.9. The van der Waals surface area contributed by atoms with Crippen molar-refractivity contribution in [2.45, 2.75) is 26.3 Å². The summed E-state index contributed by atoms with van der Waals surface area (Å²) < 4.78 is 7.22. The SMILES string of the molecule is COc1ccc2c(CC(C)NC(C)=O)ccn2c1. The van der Waals surface area contributed by atoms with E-state index in [-0.39, 0.29) is 11.9 Å². The minimum atomic E-state index is 0.00711. The van der Waals surface area contributed by atoms with Crippen LogP contribution in [-0.2, 0) is 11.2 Å². The molecule has 0 aliphatic carbocycles. The van der Waals surface area contributed by atoms with E-state index in [1.165, 1.54) is 5.56 Å². The highest BCUT2D eigenvalue weighted by molar-refractivity contribution is 5.73. The van der Waals surface area contributed by atoms with Crippen molar-refractivity contribution in [1.29, 1.82) is 0 Å². The summed E-state index contributed by atoms with van der Waals surface area (Å²) in [7, 11) is 1.66. The fraction of sp³-hybridized carbons (Fsp3) is 0.357. The van der Waals surface area contributed by atoms with Gasteiger partial charge in [0.25, 0.3) is 0 Å². The van der Waals surface area contributed by atoms with E-state index in [4.69, 9.17) is 4.74 Å². The first-order valence-corrected chi connectivity index (χ1v) is 6.01. The molecule has 96 valence electrons. The molecule has 0 aromatic carbocycles. The zero-order valence-electron chi connectivity index (χ0n) is 10.9. The maximum absolute atomic E-state index is 11.0. The van der Waals surface area contributed by atoms with Crippen LogP contribution in [0.3, 0.4) is 0 Å². The molecule has 1 unspecified atom stereocenters. The standard InChI is InChI=1S/C14H18N2O2/c1-10(15-11(2)17)8-12-6-7-16-9-13(18-3)4-5-14(12)16/h4-7,9-10H,8H2,1-3H3,(H,15,17). The van der Waals surface area contributed by atoms with Gasteiger partial charge in [-0.2, -0.15) is 0 Å². The van der Waals surface area contributed by atoms with E-state index in [0.717, 1.165) is 17.7 Å². The number of carbonyl (C=O) groups is 1. The maximum Gasteiger partial charge on any atom is 0.217 e. The van der Waals surface area contributed by atoms with Gasteiger partial charge in [0.05, 0.1) is 13.3 Å². The highest BCUT2D eigenvalue weighted by Crippen LogP contribution is 2.19. The lowest BCUT2D eigenvalue weighted by Gasteiger charge is -2.11. The third-order valence-electron chi connectivity index (χ3n) is 2.93. The first-order chi connectivity index (χ1) is 8.60. The molecule has 2 aromatic heterocycles. The Kier molecular flexibility index (Phi) is 3.55. The Morgan fingerprint density at radius 1 is 1.44 bits per heavy atom. The lowest BCUT2D eigenvalue weighted by molar-refractivity contribution is -0.119. The highest BCUT2D eigenvalue weighted by Gasteiger charge is 2.09. The Hall–Kier alpha value is -1.97. The number of nitrogens with one attached hydrogen (secondary N) is 1. The molecular formula is C14H18N2O2. The van der Waals surface area contributed by atoms with Gasteiger partial charge in [0, 0.05) is 24.7 Å². The van der Waals surface area contributed by atoms with Gasteiger partial charge in [0.15, 0.2) is 0 Å². The summed E-state index contributed by atoms with van der Waals surface area (Å²) in [6.07, 6.45) is 4.78. The Morgan fingerprint density at radius 3 is 2.89 bits per heavy atom. The molecule has 18 heavy (non-hydrogen) atoms. The molecule has 0 bridgehead atoms. The van der Waals surface area contributed by atoms with Crippen LogP contribution in [0.15, 0.2) is 30.6 Å². The topological polar surface area (TPSA) is 42.7 Å². The Balaban J connectivity index is 2.21. The molecule has 4 heteroatoms. The number of ether oxygens (including phenoxy) is 1. The van der Waals surface area contributed by atoms with Crippen LogP contribution < -0.4 is 10.1 Å². The molecule has 1 N–H and O–H groups in total. The molecule has 0 fully saturated rings. The molecule has 2 heterocycles. The smallest absolute Gasteiger partial charge is 0.217 e. The van der Waals surface area contributed by atoms with Crippen molar-refractivity contribution in [2.24, 2.45) is 0 Å². The third-order valence-corrected chi connectivity index (χ3v) is 2.93. The van der Waals surface area contributed by atoms with Gasteiger partial charge in [-0.1, -0.05) is 0 Å². The molecule has 0 saturated carbocycles. The summed E-state index contributed by atoms with van der Waals surface area (Å²) in [5.41, 5.74) is 2.37. The van der Waals surface area contributed by atoms with Crippen molar-refractivity contribution in [3.8, 4) is 5.75 Å². The minimum Gasteiger partial charge on any atom is -0.495 e. The first-order valence-electron chi connectivity index (χ1n) is 6.01. The van der Waals surface area contributed by atoms with E-state index >= 15 is 0 Å². The van der Waals surface area contributed by atoms with Crippen LogP contribution in [0.4, 0.5) is 0 Å². The largest absolute Gasteiger partial charge is 0.495 e. The third kappa shape index (κ3) is 2.64. The van der Waals surface area contributed by atoms with Crippen LogP contribution in [0.5, 0.6) is 5.75 Å². The van der Waals surface area contributed by atoms with E-state index in [2.05, 4.69) is 11.4 Å². The van der Waals surface area contributed by atoms with E-state index < -0.39 is 0 Å². The molecule has 0 aliphatic heterocycles. The monoisotopic (exact) mass is 246 g/mol. The predicted molar refractivity (Wildman–Crippen MR) is 70.9 cm³/mol. The Bertz CT molecular complexity index is 560. The quantitative estimate of drug-likeness (QED) is 0.896. The number of methoxy groups -OCH3 is 1. The van der Waals surface area contributed by atoms with Crippen LogP contribution in [0.1, 0.15) is 19.4 Å². The van der Waals surface area contributed by atoms with E-state index in [0.29, 0.717) is 0 Å².